The lowest BCUT2D eigenvalue weighted by Gasteiger charge is -2.16. The molecule has 0 aromatic heterocycles. The number of anilines is 1. The van der Waals surface area contributed by atoms with Gasteiger partial charge in [-0.25, -0.2) is 0 Å². The van der Waals surface area contributed by atoms with Crippen molar-refractivity contribution in [3.05, 3.63) is 71.8 Å². The first-order valence-electron chi connectivity index (χ1n) is 9.73. The molecule has 1 saturated heterocycles. The van der Waals surface area contributed by atoms with Crippen LogP contribution < -0.4 is 15.5 Å². The summed E-state index contributed by atoms with van der Waals surface area (Å²) in [4.78, 5) is 37.8. The monoisotopic (exact) mass is 391 g/mol. The molecular formula is C23H25N3O3. The van der Waals surface area contributed by atoms with E-state index in [9.17, 15) is 14.4 Å². The first-order chi connectivity index (χ1) is 14.0. The van der Waals surface area contributed by atoms with Gasteiger partial charge in [0.25, 0.3) is 0 Å². The third-order valence-corrected chi connectivity index (χ3v) is 4.77. The van der Waals surface area contributed by atoms with Gasteiger partial charge in [-0.1, -0.05) is 42.5 Å². The van der Waals surface area contributed by atoms with Gasteiger partial charge in [0.1, 0.15) is 6.04 Å². The van der Waals surface area contributed by atoms with Crippen LogP contribution in [0.1, 0.15) is 30.9 Å². The predicted molar refractivity (Wildman–Crippen MR) is 113 cm³/mol. The first kappa shape index (κ1) is 20.3. The standard InChI is InChI=1S/C23H25N3O3/c1-17(25-21(27)14-11-18-6-3-2-4-7-18)23(29)24-16-19-9-12-20(13-10-19)26-15-5-8-22(26)28/h2-4,6-7,9-14,17H,5,8,15-16H2,1H3,(H,24,29)(H,25,27)/b14-11+/t17-/m0/s1. The third-order valence-electron chi connectivity index (χ3n) is 4.77. The Kier molecular flexibility index (Phi) is 6.79. The molecule has 150 valence electrons. The Morgan fingerprint density at radius 3 is 2.48 bits per heavy atom. The Balaban J connectivity index is 1.45. The number of hydrogen-bond donors (Lipinski definition) is 2. The van der Waals surface area contributed by atoms with Gasteiger partial charge in [-0.05, 0) is 42.7 Å². The molecule has 0 aliphatic carbocycles. The Hall–Kier alpha value is -3.41. The molecule has 2 aromatic carbocycles. The molecule has 1 atom stereocenters. The van der Waals surface area contributed by atoms with Gasteiger partial charge in [-0.15, -0.1) is 0 Å². The summed E-state index contributed by atoms with van der Waals surface area (Å²) in [6.07, 6.45) is 4.60. The van der Waals surface area contributed by atoms with Crippen LogP contribution >= 0.6 is 0 Å². The van der Waals surface area contributed by atoms with Crippen LogP contribution in [-0.4, -0.2) is 30.3 Å². The van der Waals surface area contributed by atoms with Crippen molar-refractivity contribution in [3.8, 4) is 0 Å². The van der Waals surface area contributed by atoms with E-state index >= 15 is 0 Å². The number of nitrogens with zero attached hydrogens (tertiary/aromatic N) is 1. The van der Waals surface area contributed by atoms with E-state index < -0.39 is 6.04 Å². The molecule has 0 radical (unpaired) electrons. The number of nitrogens with one attached hydrogen (secondary N) is 2. The summed E-state index contributed by atoms with van der Waals surface area (Å²) in [5.41, 5.74) is 2.73. The Bertz CT molecular complexity index is 891. The van der Waals surface area contributed by atoms with Gasteiger partial charge in [-0.3, -0.25) is 14.4 Å². The van der Waals surface area contributed by atoms with Crippen molar-refractivity contribution in [2.24, 2.45) is 0 Å². The fourth-order valence-corrected chi connectivity index (χ4v) is 3.12. The summed E-state index contributed by atoms with van der Waals surface area (Å²) in [6, 6.07) is 16.4. The van der Waals surface area contributed by atoms with E-state index in [-0.39, 0.29) is 17.7 Å². The molecule has 3 rings (SSSR count). The highest BCUT2D eigenvalue weighted by molar-refractivity contribution is 5.96. The van der Waals surface area contributed by atoms with Crippen molar-refractivity contribution in [3.63, 3.8) is 0 Å². The Labute approximate surface area is 170 Å². The minimum atomic E-state index is -0.649. The summed E-state index contributed by atoms with van der Waals surface area (Å²) < 4.78 is 0. The molecule has 6 nitrogen and oxygen atoms in total. The molecular weight excluding hydrogens is 366 g/mol. The average molecular weight is 391 g/mol. The van der Waals surface area contributed by atoms with Gasteiger partial charge in [0.2, 0.25) is 17.7 Å². The van der Waals surface area contributed by atoms with Crippen molar-refractivity contribution in [2.45, 2.75) is 32.4 Å². The van der Waals surface area contributed by atoms with Gasteiger partial charge in [-0.2, -0.15) is 0 Å². The molecule has 3 amide bonds. The van der Waals surface area contributed by atoms with Crippen LogP contribution in [0.5, 0.6) is 0 Å². The zero-order chi connectivity index (χ0) is 20.6. The summed E-state index contributed by atoms with van der Waals surface area (Å²) >= 11 is 0. The molecule has 1 aliphatic rings. The van der Waals surface area contributed by atoms with Crippen LogP contribution in [0.25, 0.3) is 6.08 Å². The van der Waals surface area contributed by atoms with Gasteiger partial charge < -0.3 is 15.5 Å². The number of rotatable bonds is 7. The normalized spacial score (nSPS) is 14.8. The van der Waals surface area contributed by atoms with Crippen molar-refractivity contribution in [2.75, 3.05) is 11.4 Å². The van der Waals surface area contributed by atoms with Crippen LogP contribution in [0.3, 0.4) is 0 Å². The second kappa shape index (κ2) is 9.68. The van der Waals surface area contributed by atoms with Gasteiger partial charge in [0.15, 0.2) is 0 Å². The molecule has 29 heavy (non-hydrogen) atoms. The fraction of sp³-hybridized carbons (Fsp3) is 0.261. The van der Waals surface area contributed by atoms with E-state index in [2.05, 4.69) is 10.6 Å². The average Bonchev–Trinajstić information content (AvgIpc) is 3.17. The molecule has 2 N–H and O–H groups in total. The lowest BCUT2D eigenvalue weighted by atomic mass is 10.2. The largest absolute Gasteiger partial charge is 0.350 e. The van der Waals surface area contributed by atoms with Crippen LogP contribution in [0.2, 0.25) is 0 Å². The van der Waals surface area contributed by atoms with Crippen molar-refractivity contribution < 1.29 is 14.4 Å². The quantitative estimate of drug-likeness (QED) is 0.713. The smallest absolute Gasteiger partial charge is 0.244 e. The molecule has 1 heterocycles. The second-order valence-electron chi connectivity index (χ2n) is 7.01. The van der Waals surface area contributed by atoms with Crippen LogP contribution in [0.4, 0.5) is 5.69 Å². The maximum absolute atomic E-state index is 12.2. The minimum absolute atomic E-state index is 0.150. The second-order valence-corrected chi connectivity index (χ2v) is 7.01. The molecule has 0 spiro atoms. The van der Waals surface area contributed by atoms with Crippen molar-refractivity contribution in [1.29, 1.82) is 0 Å². The number of carbonyl (C=O) groups excluding carboxylic acids is 3. The van der Waals surface area contributed by atoms with E-state index in [1.807, 2.05) is 54.6 Å². The van der Waals surface area contributed by atoms with Crippen LogP contribution in [-0.2, 0) is 20.9 Å². The van der Waals surface area contributed by atoms with Gasteiger partial charge in [0.05, 0.1) is 0 Å². The van der Waals surface area contributed by atoms with Crippen LogP contribution in [0, 0.1) is 0 Å². The number of carbonyl (C=O) groups is 3. The lowest BCUT2D eigenvalue weighted by Crippen LogP contribution is -2.44. The Morgan fingerprint density at radius 2 is 1.83 bits per heavy atom. The van der Waals surface area contributed by atoms with E-state index in [4.69, 9.17) is 0 Å². The molecule has 6 heteroatoms. The minimum Gasteiger partial charge on any atom is -0.350 e. The lowest BCUT2D eigenvalue weighted by molar-refractivity contribution is -0.126. The zero-order valence-corrected chi connectivity index (χ0v) is 16.4. The summed E-state index contributed by atoms with van der Waals surface area (Å²) in [5, 5.41) is 5.47. The highest BCUT2D eigenvalue weighted by Gasteiger charge is 2.21. The number of amides is 3. The predicted octanol–water partition coefficient (Wildman–Crippen LogP) is 2.65. The number of hydrogen-bond acceptors (Lipinski definition) is 3. The van der Waals surface area contributed by atoms with Crippen LogP contribution in [0.15, 0.2) is 60.7 Å². The third kappa shape index (κ3) is 5.78. The molecule has 0 saturated carbocycles. The molecule has 0 bridgehead atoms. The fourth-order valence-electron chi connectivity index (χ4n) is 3.12. The Morgan fingerprint density at radius 1 is 1.10 bits per heavy atom. The maximum atomic E-state index is 12.2. The summed E-state index contributed by atoms with van der Waals surface area (Å²) in [5.74, 6) is -0.432. The van der Waals surface area contributed by atoms with Crippen molar-refractivity contribution >= 4 is 29.5 Å². The maximum Gasteiger partial charge on any atom is 0.244 e. The van der Waals surface area contributed by atoms with Gasteiger partial charge >= 0.3 is 0 Å². The van der Waals surface area contributed by atoms with Gasteiger partial charge in [0, 0.05) is 31.3 Å². The molecule has 1 aliphatic heterocycles. The molecule has 0 unspecified atom stereocenters. The van der Waals surface area contributed by atoms with E-state index in [1.165, 1.54) is 6.08 Å². The summed E-state index contributed by atoms with van der Waals surface area (Å²) in [7, 11) is 0. The van der Waals surface area contributed by atoms with E-state index in [1.54, 1.807) is 17.9 Å². The topological polar surface area (TPSA) is 78.5 Å². The van der Waals surface area contributed by atoms with E-state index in [0.717, 1.165) is 29.8 Å². The zero-order valence-electron chi connectivity index (χ0n) is 16.4. The highest BCUT2D eigenvalue weighted by atomic mass is 16.2. The van der Waals surface area contributed by atoms with Crippen molar-refractivity contribution in [1.82, 2.24) is 10.6 Å². The number of benzene rings is 2. The highest BCUT2D eigenvalue weighted by Crippen LogP contribution is 2.21. The SMILES string of the molecule is C[C@H](NC(=O)/C=C/c1ccccc1)C(=O)NCc1ccc(N2CCCC2=O)cc1. The molecule has 2 aromatic rings. The van der Waals surface area contributed by atoms with E-state index in [0.29, 0.717) is 13.0 Å². The first-order valence-corrected chi connectivity index (χ1v) is 9.73. The summed E-state index contributed by atoms with van der Waals surface area (Å²) in [6.45, 7) is 2.75. The molecule has 1 fully saturated rings.